The molecule has 2 aromatic rings. The summed E-state index contributed by atoms with van der Waals surface area (Å²) in [6.07, 6.45) is 0. The summed E-state index contributed by atoms with van der Waals surface area (Å²) in [5.74, 6) is 0.562. The lowest BCUT2D eigenvalue weighted by Gasteiger charge is -2.11. The van der Waals surface area contributed by atoms with Gasteiger partial charge >= 0.3 is 5.97 Å². The number of benzene rings is 2. The Bertz CT molecular complexity index is 700. The Labute approximate surface area is 142 Å². The van der Waals surface area contributed by atoms with Crippen molar-refractivity contribution in [1.82, 2.24) is 0 Å². The predicted molar refractivity (Wildman–Crippen MR) is 91.2 cm³/mol. The van der Waals surface area contributed by atoms with Crippen LogP contribution in [0.5, 0.6) is 11.5 Å². The third-order valence-electron chi connectivity index (χ3n) is 2.73. The molecule has 114 valence electrons. The van der Waals surface area contributed by atoms with Gasteiger partial charge in [0.1, 0.15) is 18.6 Å². The predicted octanol–water partition coefficient (Wildman–Crippen LogP) is 3.61. The van der Waals surface area contributed by atoms with E-state index in [0.717, 1.165) is 3.57 Å². The summed E-state index contributed by atoms with van der Waals surface area (Å²) in [7, 11) is 2.66. The molecule has 2 aromatic carbocycles. The number of oxime groups is 1. The lowest BCUT2D eigenvalue weighted by atomic mass is 10.1. The summed E-state index contributed by atoms with van der Waals surface area (Å²) in [5.41, 5.74) is 0.543. The number of carbonyl (C=O) groups is 1. The number of ether oxygens (including phenoxy) is 2. The summed E-state index contributed by atoms with van der Waals surface area (Å²) >= 11 is 2.20. The van der Waals surface area contributed by atoms with Gasteiger partial charge in [-0.25, -0.2) is 4.79 Å². The first-order valence-electron chi connectivity index (χ1n) is 6.38. The molecule has 0 aliphatic heterocycles. The van der Waals surface area contributed by atoms with Crippen LogP contribution in [-0.2, 0) is 14.4 Å². The fraction of sp³-hybridized carbons (Fsp3) is 0.125. The van der Waals surface area contributed by atoms with Gasteiger partial charge in [0.2, 0.25) is 0 Å². The van der Waals surface area contributed by atoms with Gasteiger partial charge in [0.25, 0.3) is 0 Å². The summed E-state index contributed by atoms with van der Waals surface area (Å²) in [6, 6.07) is 14.7. The van der Waals surface area contributed by atoms with Crippen molar-refractivity contribution in [1.29, 1.82) is 0 Å². The van der Waals surface area contributed by atoms with E-state index < -0.39 is 5.97 Å². The van der Waals surface area contributed by atoms with E-state index in [-0.39, 0.29) is 5.71 Å². The number of methoxy groups -OCH3 is 1. The molecule has 22 heavy (non-hydrogen) atoms. The Morgan fingerprint density at radius 3 is 2.55 bits per heavy atom. The number of rotatable bonds is 5. The monoisotopic (exact) mass is 411 g/mol. The van der Waals surface area contributed by atoms with Crippen molar-refractivity contribution in [3.05, 3.63) is 57.7 Å². The SMILES string of the molecule is CO/N=C(/C(=O)OC)c1ccccc1Oc1cccc(I)c1. The minimum atomic E-state index is -0.597. The zero-order valence-electron chi connectivity index (χ0n) is 12.1. The smallest absolute Gasteiger partial charge is 0.360 e. The molecule has 6 heteroatoms. The zero-order chi connectivity index (χ0) is 15.9. The van der Waals surface area contributed by atoms with E-state index in [1.165, 1.54) is 14.2 Å². The quantitative estimate of drug-likeness (QED) is 0.327. The summed E-state index contributed by atoms with van der Waals surface area (Å²) in [4.78, 5) is 16.6. The summed E-state index contributed by atoms with van der Waals surface area (Å²) < 4.78 is 11.6. The lowest BCUT2D eigenvalue weighted by Crippen LogP contribution is -2.18. The average molecular weight is 411 g/mol. The molecule has 0 saturated carbocycles. The Morgan fingerprint density at radius 2 is 1.86 bits per heavy atom. The maximum Gasteiger partial charge on any atom is 0.360 e. The molecule has 0 aromatic heterocycles. The number of para-hydroxylation sites is 1. The molecule has 0 radical (unpaired) electrons. The fourth-order valence-corrected chi connectivity index (χ4v) is 2.31. The van der Waals surface area contributed by atoms with Gasteiger partial charge in [0, 0.05) is 3.57 Å². The molecule has 0 fully saturated rings. The minimum absolute atomic E-state index is 0.0474. The third kappa shape index (κ3) is 3.97. The van der Waals surface area contributed by atoms with Gasteiger partial charge in [-0.3, -0.25) is 0 Å². The van der Waals surface area contributed by atoms with Crippen molar-refractivity contribution in [2.75, 3.05) is 14.2 Å². The second-order valence-electron chi connectivity index (χ2n) is 4.17. The van der Waals surface area contributed by atoms with Gasteiger partial charge in [-0.1, -0.05) is 23.4 Å². The van der Waals surface area contributed by atoms with Crippen molar-refractivity contribution in [2.45, 2.75) is 0 Å². The van der Waals surface area contributed by atoms with E-state index in [2.05, 4.69) is 27.7 Å². The first-order chi connectivity index (χ1) is 10.7. The second kappa shape index (κ2) is 7.79. The molecule has 0 aliphatic rings. The van der Waals surface area contributed by atoms with E-state index in [4.69, 9.17) is 14.3 Å². The number of hydrogen-bond acceptors (Lipinski definition) is 5. The third-order valence-corrected chi connectivity index (χ3v) is 3.40. The maximum absolute atomic E-state index is 11.9. The van der Waals surface area contributed by atoms with Gasteiger partial charge < -0.3 is 14.3 Å². The van der Waals surface area contributed by atoms with Crippen LogP contribution in [0.1, 0.15) is 5.56 Å². The van der Waals surface area contributed by atoms with Gasteiger partial charge in [-0.15, -0.1) is 0 Å². The first-order valence-corrected chi connectivity index (χ1v) is 7.46. The fourth-order valence-electron chi connectivity index (χ4n) is 1.79. The number of halogens is 1. The van der Waals surface area contributed by atoms with Crippen molar-refractivity contribution >= 4 is 34.3 Å². The van der Waals surface area contributed by atoms with Crippen LogP contribution in [-0.4, -0.2) is 25.9 Å². The molecule has 5 nitrogen and oxygen atoms in total. The van der Waals surface area contributed by atoms with Crippen LogP contribution in [0, 0.1) is 3.57 Å². The Morgan fingerprint density at radius 1 is 1.09 bits per heavy atom. The molecule has 0 atom stereocenters. The highest BCUT2D eigenvalue weighted by atomic mass is 127. The topological polar surface area (TPSA) is 57.1 Å². The molecule has 0 saturated heterocycles. The highest BCUT2D eigenvalue weighted by molar-refractivity contribution is 14.1. The lowest BCUT2D eigenvalue weighted by molar-refractivity contribution is -0.132. The van der Waals surface area contributed by atoms with Crippen LogP contribution < -0.4 is 4.74 Å². The number of nitrogens with zero attached hydrogens (tertiary/aromatic N) is 1. The number of carbonyl (C=O) groups excluding carboxylic acids is 1. The van der Waals surface area contributed by atoms with Crippen LogP contribution in [0.3, 0.4) is 0 Å². The standard InChI is InChI=1S/C16H14INO4/c1-20-16(19)15(18-21-2)13-8-3-4-9-14(13)22-12-7-5-6-11(17)10-12/h3-10H,1-2H3/b18-15+. The Balaban J connectivity index is 2.41. The average Bonchev–Trinajstić information content (AvgIpc) is 2.53. The van der Waals surface area contributed by atoms with Crippen LogP contribution in [0.2, 0.25) is 0 Å². The Hall–Kier alpha value is -2.09. The van der Waals surface area contributed by atoms with Gasteiger partial charge in [0.05, 0.1) is 12.7 Å². The normalized spacial score (nSPS) is 11.0. The molecule has 0 unspecified atom stereocenters. The molecular formula is C16H14INO4. The van der Waals surface area contributed by atoms with Gasteiger partial charge in [-0.05, 0) is 52.9 Å². The first kappa shape index (κ1) is 16.3. The van der Waals surface area contributed by atoms with Crippen molar-refractivity contribution in [3.8, 4) is 11.5 Å². The van der Waals surface area contributed by atoms with E-state index in [0.29, 0.717) is 17.1 Å². The molecule has 0 bridgehead atoms. The van der Waals surface area contributed by atoms with E-state index in [1.807, 2.05) is 30.3 Å². The van der Waals surface area contributed by atoms with Gasteiger partial charge in [0.15, 0.2) is 5.71 Å². The van der Waals surface area contributed by atoms with Crippen molar-refractivity contribution in [2.24, 2.45) is 5.16 Å². The number of esters is 1. The van der Waals surface area contributed by atoms with Crippen LogP contribution in [0.15, 0.2) is 53.7 Å². The molecular weight excluding hydrogens is 397 g/mol. The highest BCUT2D eigenvalue weighted by Gasteiger charge is 2.20. The summed E-state index contributed by atoms with van der Waals surface area (Å²) in [6.45, 7) is 0. The second-order valence-corrected chi connectivity index (χ2v) is 5.42. The summed E-state index contributed by atoms with van der Waals surface area (Å²) in [5, 5.41) is 3.75. The van der Waals surface area contributed by atoms with Crippen molar-refractivity contribution < 1.29 is 19.1 Å². The number of hydrogen-bond donors (Lipinski definition) is 0. The van der Waals surface area contributed by atoms with E-state index in [1.54, 1.807) is 18.2 Å². The largest absolute Gasteiger partial charge is 0.464 e. The van der Waals surface area contributed by atoms with Crippen molar-refractivity contribution in [3.63, 3.8) is 0 Å². The van der Waals surface area contributed by atoms with E-state index >= 15 is 0 Å². The molecule has 0 heterocycles. The molecule has 0 spiro atoms. The van der Waals surface area contributed by atoms with E-state index in [9.17, 15) is 4.79 Å². The van der Waals surface area contributed by atoms with Crippen LogP contribution in [0.25, 0.3) is 0 Å². The molecule has 0 aliphatic carbocycles. The van der Waals surface area contributed by atoms with Crippen LogP contribution in [0.4, 0.5) is 0 Å². The molecule has 0 amide bonds. The Kier molecular flexibility index (Phi) is 5.76. The highest BCUT2D eigenvalue weighted by Crippen LogP contribution is 2.27. The molecule has 0 N–H and O–H groups in total. The minimum Gasteiger partial charge on any atom is -0.464 e. The van der Waals surface area contributed by atoms with Gasteiger partial charge in [-0.2, -0.15) is 0 Å². The zero-order valence-corrected chi connectivity index (χ0v) is 14.2. The maximum atomic E-state index is 11.9. The van der Waals surface area contributed by atoms with Crippen LogP contribution >= 0.6 is 22.6 Å². The molecule has 2 rings (SSSR count).